The van der Waals surface area contributed by atoms with E-state index in [2.05, 4.69) is 28.2 Å². The number of hydrogen-bond acceptors (Lipinski definition) is 4. The molecule has 2 aliphatic rings. The van der Waals surface area contributed by atoms with Gasteiger partial charge in [0.05, 0.1) is 16.5 Å². The molecule has 0 saturated heterocycles. The van der Waals surface area contributed by atoms with Crippen LogP contribution in [0.3, 0.4) is 0 Å². The molecule has 9 heteroatoms. The lowest BCUT2D eigenvalue weighted by Gasteiger charge is -2.18. The SMILES string of the molecule is CC(C)C[C@H]1C=Cc2c(cn(C)c2C(=O)Nc2ccc(F)c(C#N)c2)S(=O)(=NC2CC2)N1. The third kappa shape index (κ3) is 4.47. The van der Waals surface area contributed by atoms with E-state index in [4.69, 9.17) is 5.26 Å². The fourth-order valence-corrected chi connectivity index (χ4v) is 6.07. The molecule has 7 nitrogen and oxygen atoms in total. The van der Waals surface area contributed by atoms with Crippen LogP contribution in [0.5, 0.6) is 0 Å². The number of aryl methyl sites for hydroxylation is 1. The Kier molecular flexibility index (Phi) is 5.93. The van der Waals surface area contributed by atoms with Gasteiger partial charge in [0.25, 0.3) is 5.91 Å². The Balaban J connectivity index is 1.75. The maximum Gasteiger partial charge on any atom is 0.272 e. The fraction of sp³-hybridized carbons (Fsp3) is 0.391. The van der Waals surface area contributed by atoms with Crippen molar-refractivity contribution in [2.24, 2.45) is 17.3 Å². The Labute approximate surface area is 187 Å². The highest BCUT2D eigenvalue weighted by atomic mass is 32.2. The number of nitrogens with one attached hydrogen (secondary N) is 2. The molecule has 2 aromatic rings. The molecule has 1 aliphatic heterocycles. The van der Waals surface area contributed by atoms with Crippen molar-refractivity contribution in [3.63, 3.8) is 0 Å². The van der Waals surface area contributed by atoms with Crippen LogP contribution in [-0.4, -0.2) is 26.8 Å². The van der Waals surface area contributed by atoms with Gasteiger partial charge < -0.3 is 9.88 Å². The van der Waals surface area contributed by atoms with Gasteiger partial charge in [-0.3, -0.25) is 4.79 Å². The quantitative estimate of drug-likeness (QED) is 0.706. The van der Waals surface area contributed by atoms with E-state index >= 15 is 0 Å². The highest BCUT2D eigenvalue weighted by molar-refractivity contribution is 7.91. The van der Waals surface area contributed by atoms with Crippen LogP contribution in [0.1, 0.15) is 54.7 Å². The maximum absolute atomic E-state index is 14.0. The molecule has 1 unspecified atom stereocenters. The summed E-state index contributed by atoms with van der Waals surface area (Å²) in [5, 5.41) is 11.8. The van der Waals surface area contributed by atoms with Crippen molar-refractivity contribution in [1.82, 2.24) is 9.29 Å². The lowest BCUT2D eigenvalue weighted by atomic mass is 10.0. The molecule has 168 valence electrons. The highest BCUT2D eigenvalue weighted by Crippen LogP contribution is 2.33. The van der Waals surface area contributed by atoms with E-state index < -0.39 is 21.6 Å². The van der Waals surface area contributed by atoms with Crippen molar-refractivity contribution in [1.29, 1.82) is 5.26 Å². The summed E-state index contributed by atoms with van der Waals surface area (Å²) in [7, 11) is -1.21. The van der Waals surface area contributed by atoms with Gasteiger partial charge in [-0.05, 0) is 43.4 Å². The van der Waals surface area contributed by atoms with Crippen LogP contribution in [0.4, 0.5) is 10.1 Å². The second kappa shape index (κ2) is 8.52. The van der Waals surface area contributed by atoms with Crippen LogP contribution in [-0.2, 0) is 17.0 Å². The number of nitrogens with zero attached hydrogens (tertiary/aromatic N) is 3. The van der Waals surface area contributed by atoms with Crippen LogP contribution in [0.2, 0.25) is 0 Å². The summed E-state index contributed by atoms with van der Waals surface area (Å²) < 4.78 is 37.2. The van der Waals surface area contributed by atoms with Gasteiger partial charge in [-0.15, -0.1) is 0 Å². The van der Waals surface area contributed by atoms with Crippen molar-refractivity contribution in [2.45, 2.75) is 50.1 Å². The molecule has 1 aromatic heterocycles. The van der Waals surface area contributed by atoms with Crippen molar-refractivity contribution < 1.29 is 13.4 Å². The summed E-state index contributed by atoms with van der Waals surface area (Å²) in [5.41, 5.74) is 1.03. The van der Waals surface area contributed by atoms with Gasteiger partial charge in [0.2, 0.25) is 0 Å². The summed E-state index contributed by atoms with van der Waals surface area (Å²) >= 11 is 0. The minimum Gasteiger partial charge on any atom is -0.345 e. The summed E-state index contributed by atoms with van der Waals surface area (Å²) in [4.78, 5) is 13.7. The average Bonchev–Trinajstić information content (AvgIpc) is 3.47. The zero-order valence-corrected chi connectivity index (χ0v) is 19.1. The van der Waals surface area contributed by atoms with E-state index in [-0.39, 0.29) is 17.6 Å². The Morgan fingerprint density at radius 1 is 1.44 bits per heavy atom. The number of halogens is 1. The molecular formula is C23H26FN5O2S. The number of benzene rings is 1. The van der Waals surface area contributed by atoms with E-state index in [1.165, 1.54) is 12.1 Å². The van der Waals surface area contributed by atoms with Gasteiger partial charge in [-0.25, -0.2) is 17.7 Å². The first-order chi connectivity index (χ1) is 15.2. The third-order valence-electron chi connectivity index (χ3n) is 5.42. The molecule has 2 heterocycles. The molecule has 1 aromatic carbocycles. The van der Waals surface area contributed by atoms with Crippen LogP contribution in [0.15, 0.2) is 39.7 Å². The van der Waals surface area contributed by atoms with Crippen LogP contribution in [0.25, 0.3) is 6.08 Å². The second-order valence-electron chi connectivity index (χ2n) is 8.70. The number of carbonyl (C=O) groups is 1. The number of amides is 1. The molecule has 1 aliphatic carbocycles. The highest BCUT2D eigenvalue weighted by Gasteiger charge is 2.32. The first-order valence-corrected chi connectivity index (χ1v) is 12.1. The number of hydrogen-bond donors (Lipinski definition) is 2. The topological polar surface area (TPSA) is 99.3 Å². The number of nitriles is 1. The Morgan fingerprint density at radius 2 is 2.19 bits per heavy atom. The third-order valence-corrected chi connectivity index (χ3v) is 7.56. The van der Waals surface area contributed by atoms with Gasteiger partial charge in [0.15, 0.2) is 0 Å². The van der Waals surface area contributed by atoms with Gasteiger partial charge in [0, 0.05) is 30.5 Å². The molecule has 1 fully saturated rings. The number of anilines is 1. The van der Waals surface area contributed by atoms with Crippen molar-refractivity contribution in [3.8, 4) is 6.07 Å². The maximum atomic E-state index is 14.0. The Hall–Kier alpha value is -2.96. The largest absolute Gasteiger partial charge is 0.345 e. The molecule has 2 N–H and O–H groups in total. The molecular weight excluding hydrogens is 429 g/mol. The molecule has 0 spiro atoms. The van der Waals surface area contributed by atoms with Crippen LogP contribution in [0, 0.1) is 23.1 Å². The van der Waals surface area contributed by atoms with Gasteiger partial charge >= 0.3 is 0 Å². The van der Waals surface area contributed by atoms with Crippen molar-refractivity contribution in [3.05, 3.63) is 53.1 Å². The summed E-state index contributed by atoms with van der Waals surface area (Å²) in [5.74, 6) is -0.699. The molecule has 2 atom stereocenters. The van der Waals surface area contributed by atoms with Crippen molar-refractivity contribution >= 4 is 27.6 Å². The summed E-state index contributed by atoms with van der Waals surface area (Å²) in [6, 6.07) is 5.54. The summed E-state index contributed by atoms with van der Waals surface area (Å²) in [6.45, 7) is 4.20. The molecule has 0 bridgehead atoms. The predicted molar refractivity (Wildman–Crippen MR) is 122 cm³/mol. The minimum absolute atomic E-state index is 0.0711. The average molecular weight is 456 g/mol. The number of rotatable bonds is 5. The standard InChI is InChI=1S/C23H26FN5O2S/c1-14(2)10-18-6-8-19-21(32(31,28-18)27-16-4-5-16)13-29(3)22(19)23(30)26-17-7-9-20(24)15(11-17)12-25/h6-9,11,13-14,16,18H,4-5,10H2,1-3H3,(H,26,30)(H,27,28,31)/t18-,32?/m1/s1. The fourth-order valence-electron chi connectivity index (χ4n) is 3.79. The van der Waals surface area contributed by atoms with Crippen LogP contribution >= 0.6 is 0 Å². The Morgan fingerprint density at radius 3 is 2.84 bits per heavy atom. The second-order valence-corrected chi connectivity index (χ2v) is 10.6. The first-order valence-electron chi connectivity index (χ1n) is 10.6. The molecule has 32 heavy (non-hydrogen) atoms. The lowest BCUT2D eigenvalue weighted by Crippen LogP contribution is -2.33. The number of fused-ring (bicyclic) bond motifs is 1. The van der Waals surface area contributed by atoms with Gasteiger partial charge in [0.1, 0.15) is 27.5 Å². The monoisotopic (exact) mass is 455 g/mol. The van der Waals surface area contributed by atoms with Gasteiger partial charge in [-0.1, -0.05) is 26.0 Å². The van der Waals surface area contributed by atoms with E-state index in [1.807, 2.05) is 12.2 Å². The zero-order valence-electron chi connectivity index (χ0n) is 18.3. The lowest BCUT2D eigenvalue weighted by molar-refractivity contribution is 0.101. The zero-order chi connectivity index (χ0) is 23.0. The molecule has 4 rings (SSSR count). The van der Waals surface area contributed by atoms with Gasteiger partial charge in [-0.2, -0.15) is 5.26 Å². The Bertz CT molecular complexity index is 1260. The molecule has 0 radical (unpaired) electrons. The first kappa shape index (κ1) is 22.2. The van der Waals surface area contributed by atoms with E-state index in [0.717, 1.165) is 25.3 Å². The predicted octanol–water partition coefficient (Wildman–Crippen LogP) is 4.22. The van der Waals surface area contributed by atoms with E-state index in [0.29, 0.717) is 27.8 Å². The summed E-state index contributed by atoms with van der Waals surface area (Å²) in [6.07, 6.45) is 8.10. The van der Waals surface area contributed by atoms with Crippen LogP contribution < -0.4 is 10.0 Å². The molecule has 1 saturated carbocycles. The molecule has 1 amide bonds. The number of aromatic nitrogens is 1. The normalized spacial score (nSPS) is 22.2. The number of carbonyl (C=O) groups excluding carboxylic acids is 1. The van der Waals surface area contributed by atoms with E-state index in [9.17, 15) is 13.4 Å². The van der Waals surface area contributed by atoms with Crippen molar-refractivity contribution in [2.75, 3.05) is 5.32 Å². The smallest absolute Gasteiger partial charge is 0.272 e. The van der Waals surface area contributed by atoms with E-state index in [1.54, 1.807) is 23.9 Å². The minimum atomic E-state index is -2.92.